The van der Waals surface area contributed by atoms with E-state index in [-0.39, 0.29) is 23.8 Å². The molecule has 2 aromatic rings. The highest BCUT2D eigenvalue weighted by molar-refractivity contribution is 5.92. The summed E-state index contributed by atoms with van der Waals surface area (Å²) in [4.78, 5) is 58.5. The fourth-order valence-electron chi connectivity index (χ4n) is 5.76. The van der Waals surface area contributed by atoms with Gasteiger partial charge in [-0.25, -0.2) is 5.43 Å². The van der Waals surface area contributed by atoms with Gasteiger partial charge in [0, 0.05) is 25.1 Å². The zero-order valence-corrected chi connectivity index (χ0v) is 25.2. The Morgan fingerprint density at radius 3 is 2.44 bits per heavy atom. The quantitative estimate of drug-likeness (QED) is 0.431. The van der Waals surface area contributed by atoms with Gasteiger partial charge in [-0.3, -0.25) is 29.2 Å². The Morgan fingerprint density at radius 2 is 1.70 bits per heavy atom. The van der Waals surface area contributed by atoms with Crippen molar-refractivity contribution in [3.63, 3.8) is 0 Å². The van der Waals surface area contributed by atoms with Crippen LogP contribution in [0, 0.1) is 11.3 Å². The van der Waals surface area contributed by atoms with Crippen LogP contribution < -0.4 is 16.1 Å². The van der Waals surface area contributed by atoms with E-state index in [2.05, 4.69) is 16.1 Å². The van der Waals surface area contributed by atoms with Gasteiger partial charge in [-0.1, -0.05) is 44.2 Å². The molecule has 0 saturated carbocycles. The first-order valence-corrected chi connectivity index (χ1v) is 15.1. The molecule has 4 atom stereocenters. The van der Waals surface area contributed by atoms with E-state index in [1.807, 2.05) is 49.4 Å². The van der Waals surface area contributed by atoms with Crippen LogP contribution in [0.15, 0.2) is 36.4 Å². The maximum Gasteiger partial charge on any atom is 0.316 e. The van der Waals surface area contributed by atoms with Crippen molar-refractivity contribution in [2.24, 2.45) is 11.3 Å². The molecule has 4 heterocycles. The first-order valence-electron chi connectivity index (χ1n) is 15.1. The Kier molecular flexibility index (Phi) is 9.12. The first-order chi connectivity index (χ1) is 20.6. The number of rotatable bonds is 1. The number of cyclic esters (lactones) is 1. The van der Waals surface area contributed by atoms with E-state index in [4.69, 9.17) is 14.5 Å². The fraction of sp³-hybridized carbons (Fsp3) is 0.531. The second-order valence-corrected chi connectivity index (χ2v) is 12.1. The molecule has 5 rings (SSSR count). The second-order valence-electron chi connectivity index (χ2n) is 12.1. The number of hydrogen-bond donors (Lipinski definition) is 3. The van der Waals surface area contributed by atoms with Crippen molar-refractivity contribution in [3.8, 4) is 0 Å². The standard InChI is InChI=1S/C32H41N5O6/c1-19(2)27-29(39)34-21(4)30(40)37-15-5-6-25(36-37)28(38)33-20(3)24-10-9-23-8-7-22(18-26(23)35-24)11-12-32(31(41)43-27)13-16-42-17-14-32/h7-12,18-21,25,27,36H,5-6,13-17H2,1-4H3,(H,33,38)(H,34,39)/b12-11+/t20-,21+,25+,27?/m1/s1. The molecule has 1 aromatic carbocycles. The highest BCUT2D eigenvalue weighted by Crippen LogP contribution is 2.35. The summed E-state index contributed by atoms with van der Waals surface area (Å²) in [6, 6.07) is 7.85. The number of ether oxygens (including phenoxy) is 2. The van der Waals surface area contributed by atoms with Gasteiger partial charge in [-0.15, -0.1) is 0 Å². The summed E-state index contributed by atoms with van der Waals surface area (Å²) in [5, 5.41) is 8.10. The number of nitrogens with zero attached hydrogens (tertiary/aromatic N) is 2. The molecule has 1 unspecified atom stereocenters. The number of fused-ring (bicyclic) bond motifs is 4. The number of carbonyl (C=O) groups is 4. The zero-order valence-electron chi connectivity index (χ0n) is 25.2. The van der Waals surface area contributed by atoms with Crippen molar-refractivity contribution in [2.45, 2.75) is 77.6 Å². The maximum absolute atomic E-state index is 13.8. The molecule has 3 N–H and O–H groups in total. The van der Waals surface area contributed by atoms with Crippen molar-refractivity contribution >= 4 is 40.7 Å². The van der Waals surface area contributed by atoms with Crippen LogP contribution >= 0.6 is 0 Å². The molecule has 3 aliphatic heterocycles. The first kappa shape index (κ1) is 30.6. The number of hydrazine groups is 1. The molecule has 2 fully saturated rings. The number of nitrogens with one attached hydrogen (secondary N) is 3. The van der Waals surface area contributed by atoms with Gasteiger partial charge in [0.05, 0.1) is 22.7 Å². The minimum absolute atomic E-state index is 0.236. The molecule has 230 valence electrons. The summed E-state index contributed by atoms with van der Waals surface area (Å²) in [5.74, 6) is -1.99. The molecule has 11 nitrogen and oxygen atoms in total. The number of carbonyl (C=O) groups excluding carboxylic acids is 4. The number of amides is 3. The van der Waals surface area contributed by atoms with Crippen LogP contribution in [-0.4, -0.2) is 71.6 Å². The number of pyridine rings is 1. The summed E-state index contributed by atoms with van der Waals surface area (Å²) in [7, 11) is 0. The van der Waals surface area contributed by atoms with Crippen LogP contribution in [0.3, 0.4) is 0 Å². The average molecular weight is 592 g/mol. The molecule has 43 heavy (non-hydrogen) atoms. The van der Waals surface area contributed by atoms with E-state index in [1.165, 1.54) is 5.01 Å². The summed E-state index contributed by atoms with van der Waals surface area (Å²) >= 11 is 0. The van der Waals surface area contributed by atoms with Gasteiger partial charge >= 0.3 is 5.97 Å². The lowest BCUT2D eigenvalue weighted by molar-refractivity contribution is -0.170. The zero-order chi connectivity index (χ0) is 30.7. The van der Waals surface area contributed by atoms with Gasteiger partial charge in [0.1, 0.15) is 12.1 Å². The molecule has 3 amide bonds. The van der Waals surface area contributed by atoms with E-state index in [0.717, 1.165) is 16.5 Å². The van der Waals surface area contributed by atoms with E-state index >= 15 is 0 Å². The van der Waals surface area contributed by atoms with E-state index < -0.39 is 35.5 Å². The molecule has 1 aromatic heterocycles. The summed E-state index contributed by atoms with van der Waals surface area (Å²) < 4.78 is 11.5. The molecule has 0 aliphatic carbocycles. The lowest BCUT2D eigenvalue weighted by atomic mass is 9.79. The summed E-state index contributed by atoms with van der Waals surface area (Å²) in [5.41, 5.74) is 4.39. The molecule has 2 saturated heterocycles. The average Bonchev–Trinajstić information content (AvgIpc) is 3.01. The maximum atomic E-state index is 13.8. The van der Waals surface area contributed by atoms with Crippen molar-refractivity contribution in [1.82, 2.24) is 26.1 Å². The van der Waals surface area contributed by atoms with Gasteiger partial charge < -0.3 is 20.1 Å². The Bertz CT molecular complexity index is 1420. The van der Waals surface area contributed by atoms with Crippen LogP contribution in [0.25, 0.3) is 17.0 Å². The van der Waals surface area contributed by atoms with Gasteiger partial charge in [0.25, 0.3) is 11.8 Å². The van der Waals surface area contributed by atoms with E-state index in [1.54, 1.807) is 20.8 Å². The number of hydrogen-bond acceptors (Lipinski definition) is 8. The van der Waals surface area contributed by atoms with Crippen LogP contribution in [-0.2, 0) is 28.7 Å². The highest BCUT2D eigenvalue weighted by Gasteiger charge is 2.42. The topological polar surface area (TPSA) is 139 Å². The predicted molar refractivity (Wildman–Crippen MR) is 160 cm³/mol. The number of benzene rings is 1. The molecule has 1 spiro atoms. The van der Waals surface area contributed by atoms with Gasteiger partial charge in [-0.2, -0.15) is 0 Å². The smallest absolute Gasteiger partial charge is 0.316 e. The second kappa shape index (κ2) is 12.8. The normalized spacial score (nSPS) is 28.0. The number of esters is 1. The summed E-state index contributed by atoms with van der Waals surface area (Å²) in [6.45, 7) is 8.22. The van der Waals surface area contributed by atoms with Crippen molar-refractivity contribution in [1.29, 1.82) is 0 Å². The lowest BCUT2D eigenvalue weighted by Gasteiger charge is -2.36. The molecular formula is C32H41N5O6. The van der Waals surface area contributed by atoms with Crippen molar-refractivity contribution in [3.05, 3.63) is 47.7 Å². The molecule has 5 bridgehead atoms. The van der Waals surface area contributed by atoms with Crippen LogP contribution in [0.2, 0.25) is 0 Å². The Balaban J connectivity index is 1.53. The van der Waals surface area contributed by atoms with Crippen LogP contribution in [0.5, 0.6) is 0 Å². The molecule has 3 aliphatic rings. The third-order valence-corrected chi connectivity index (χ3v) is 8.52. The minimum Gasteiger partial charge on any atom is -0.451 e. The molecule has 0 radical (unpaired) electrons. The third kappa shape index (κ3) is 6.73. The van der Waals surface area contributed by atoms with Gasteiger partial charge in [0.2, 0.25) is 5.91 Å². The van der Waals surface area contributed by atoms with Crippen molar-refractivity contribution < 1.29 is 28.7 Å². The Labute approximate surface area is 251 Å². The predicted octanol–water partition coefficient (Wildman–Crippen LogP) is 2.80. The SMILES string of the molecule is CC(C)C1OC(=O)C2(/C=C/c3ccc4ccc(nc4c3)[C@@H](C)NC(=O)[C@@H]3CCCN(N3)C(=O)[C@H](C)NC1=O)CCOCC2. The summed E-state index contributed by atoms with van der Waals surface area (Å²) in [6.07, 6.45) is 4.66. The van der Waals surface area contributed by atoms with E-state index in [0.29, 0.717) is 51.1 Å². The van der Waals surface area contributed by atoms with Gasteiger partial charge in [-0.05, 0) is 63.1 Å². The number of aromatic nitrogens is 1. The van der Waals surface area contributed by atoms with Crippen molar-refractivity contribution in [2.75, 3.05) is 19.8 Å². The lowest BCUT2D eigenvalue weighted by Crippen LogP contribution is -2.61. The largest absolute Gasteiger partial charge is 0.451 e. The van der Waals surface area contributed by atoms with Crippen LogP contribution in [0.4, 0.5) is 0 Å². The molecule has 11 heteroatoms. The minimum atomic E-state index is -1.09. The molecular weight excluding hydrogens is 550 g/mol. The van der Waals surface area contributed by atoms with E-state index in [9.17, 15) is 19.2 Å². The third-order valence-electron chi connectivity index (χ3n) is 8.52. The Hall–Kier alpha value is -3.83. The fourth-order valence-corrected chi connectivity index (χ4v) is 5.76. The monoisotopic (exact) mass is 591 g/mol. The van der Waals surface area contributed by atoms with Crippen LogP contribution in [0.1, 0.15) is 70.7 Å². The Morgan fingerprint density at radius 1 is 0.977 bits per heavy atom. The highest BCUT2D eigenvalue weighted by atomic mass is 16.6. The van der Waals surface area contributed by atoms with Gasteiger partial charge in [0.15, 0.2) is 6.10 Å².